The molecule has 2 aliphatic carbocycles. The van der Waals surface area contributed by atoms with Gasteiger partial charge >= 0.3 is 0 Å². The Balaban J connectivity index is 1.96. The Morgan fingerprint density at radius 3 is 2.39 bits per heavy atom. The zero-order valence-electron chi connectivity index (χ0n) is 11.0. The summed E-state index contributed by atoms with van der Waals surface area (Å²) >= 11 is 2.39. The van der Waals surface area contributed by atoms with Gasteiger partial charge < -0.3 is 5.32 Å². The summed E-state index contributed by atoms with van der Waals surface area (Å²) < 4.78 is 1.23. The quantitative estimate of drug-likeness (QED) is 0.834. The summed E-state index contributed by atoms with van der Waals surface area (Å²) in [7, 11) is 1.96. The fourth-order valence-electron chi connectivity index (χ4n) is 2.90. The zero-order chi connectivity index (χ0) is 12.7. The predicted molar refractivity (Wildman–Crippen MR) is 82.0 cm³/mol. The van der Waals surface area contributed by atoms with Gasteiger partial charge in [-0.3, -0.25) is 0 Å². The monoisotopic (exact) mass is 357 g/mol. The number of rotatable bonds is 3. The average molecular weight is 357 g/mol. The van der Waals surface area contributed by atoms with E-state index in [1.807, 2.05) is 7.05 Å². The van der Waals surface area contributed by atoms with Crippen LogP contribution in [0.25, 0.3) is 0 Å². The lowest BCUT2D eigenvalue weighted by atomic mass is 10.1. The molecule has 0 radical (unpaired) electrons. The standard InChI is InChI=1S/C14H20IN3/c1-8-3-4-10(7-8)13-17-12(9-5-6-9)11(15)14(16-2)18-13/h8-10H,3-7H2,1-2H3,(H,16,17,18). The first-order valence-electron chi connectivity index (χ1n) is 6.94. The van der Waals surface area contributed by atoms with Crippen LogP contribution in [0, 0.1) is 9.49 Å². The second-order valence-electron chi connectivity index (χ2n) is 5.77. The normalized spacial score (nSPS) is 27.5. The van der Waals surface area contributed by atoms with Crippen LogP contribution in [0.1, 0.15) is 62.4 Å². The minimum atomic E-state index is 0.585. The summed E-state index contributed by atoms with van der Waals surface area (Å²) in [6, 6.07) is 0. The first kappa shape index (κ1) is 12.6. The first-order chi connectivity index (χ1) is 8.69. The summed E-state index contributed by atoms with van der Waals surface area (Å²) in [5.74, 6) is 4.24. The third kappa shape index (κ3) is 2.36. The number of anilines is 1. The number of nitrogens with one attached hydrogen (secondary N) is 1. The van der Waals surface area contributed by atoms with E-state index in [1.54, 1.807) is 0 Å². The van der Waals surface area contributed by atoms with Crippen LogP contribution >= 0.6 is 22.6 Å². The summed E-state index contributed by atoms with van der Waals surface area (Å²) in [5.41, 5.74) is 1.30. The fourth-order valence-corrected chi connectivity index (χ4v) is 3.85. The highest BCUT2D eigenvalue weighted by molar-refractivity contribution is 14.1. The van der Waals surface area contributed by atoms with Crippen molar-refractivity contribution in [2.75, 3.05) is 12.4 Å². The zero-order valence-corrected chi connectivity index (χ0v) is 13.2. The van der Waals surface area contributed by atoms with Crippen molar-refractivity contribution in [2.24, 2.45) is 5.92 Å². The Bertz CT molecular complexity index is 457. The molecule has 2 saturated carbocycles. The summed E-state index contributed by atoms with van der Waals surface area (Å²) in [6.45, 7) is 2.34. The Morgan fingerprint density at radius 2 is 1.83 bits per heavy atom. The van der Waals surface area contributed by atoms with Gasteiger partial charge in [-0.1, -0.05) is 6.92 Å². The van der Waals surface area contributed by atoms with Gasteiger partial charge in [-0.05, 0) is 60.6 Å². The van der Waals surface area contributed by atoms with E-state index < -0.39 is 0 Å². The summed E-state index contributed by atoms with van der Waals surface area (Å²) in [4.78, 5) is 9.65. The molecule has 2 fully saturated rings. The van der Waals surface area contributed by atoms with E-state index in [2.05, 4.69) is 34.8 Å². The van der Waals surface area contributed by atoms with Gasteiger partial charge in [0.15, 0.2) is 0 Å². The molecular formula is C14H20IN3. The molecule has 0 aliphatic heterocycles. The largest absolute Gasteiger partial charge is 0.372 e. The third-order valence-corrected chi connectivity index (χ3v) is 5.22. The van der Waals surface area contributed by atoms with E-state index in [4.69, 9.17) is 9.97 Å². The number of nitrogens with zero attached hydrogens (tertiary/aromatic N) is 2. The minimum Gasteiger partial charge on any atom is -0.372 e. The van der Waals surface area contributed by atoms with Gasteiger partial charge in [-0.2, -0.15) is 0 Å². The fraction of sp³-hybridized carbons (Fsp3) is 0.714. The van der Waals surface area contributed by atoms with Gasteiger partial charge in [0.05, 0.1) is 9.26 Å². The molecule has 2 atom stereocenters. The van der Waals surface area contributed by atoms with Crippen molar-refractivity contribution in [1.82, 2.24) is 9.97 Å². The highest BCUT2D eigenvalue weighted by Gasteiger charge is 2.32. The predicted octanol–water partition coefficient (Wildman–Crippen LogP) is 3.90. The van der Waals surface area contributed by atoms with E-state index in [0.29, 0.717) is 11.8 Å². The lowest BCUT2D eigenvalue weighted by Crippen LogP contribution is -2.09. The molecule has 1 aromatic rings. The summed E-state index contributed by atoms with van der Waals surface area (Å²) in [5, 5.41) is 3.23. The maximum atomic E-state index is 4.90. The van der Waals surface area contributed by atoms with E-state index in [9.17, 15) is 0 Å². The molecule has 2 aliphatic rings. The van der Waals surface area contributed by atoms with E-state index in [0.717, 1.165) is 17.6 Å². The molecule has 0 bridgehead atoms. The Hall–Kier alpha value is -0.390. The van der Waals surface area contributed by atoms with Gasteiger partial charge in [0, 0.05) is 18.9 Å². The topological polar surface area (TPSA) is 37.8 Å². The smallest absolute Gasteiger partial charge is 0.143 e. The molecule has 0 spiro atoms. The number of halogens is 1. The van der Waals surface area contributed by atoms with Crippen molar-refractivity contribution in [3.8, 4) is 0 Å². The van der Waals surface area contributed by atoms with Crippen LogP contribution in [0.2, 0.25) is 0 Å². The minimum absolute atomic E-state index is 0.585. The van der Waals surface area contributed by atoms with Crippen molar-refractivity contribution in [1.29, 1.82) is 0 Å². The number of hydrogen-bond acceptors (Lipinski definition) is 3. The Morgan fingerprint density at radius 1 is 1.11 bits per heavy atom. The van der Waals surface area contributed by atoms with Gasteiger partial charge in [-0.25, -0.2) is 9.97 Å². The molecule has 0 amide bonds. The highest BCUT2D eigenvalue weighted by atomic mass is 127. The van der Waals surface area contributed by atoms with E-state index in [1.165, 1.54) is 41.4 Å². The van der Waals surface area contributed by atoms with Gasteiger partial charge in [-0.15, -0.1) is 0 Å². The summed E-state index contributed by atoms with van der Waals surface area (Å²) in [6.07, 6.45) is 6.45. The molecule has 2 unspecified atom stereocenters. The van der Waals surface area contributed by atoms with Gasteiger partial charge in [0.1, 0.15) is 11.6 Å². The molecule has 3 nitrogen and oxygen atoms in total. The third-order valence-electron chi connectivity index (χ3n) is 4.15. The van der Waals surface area contributed by atoms with Gasteiger partial charge in [0.2, 0.25) is 0 Å². The van der Waals surface area contributed by atoms with Crippen LogP contribution < -0.4 is 5.32 Å². The Kier molecular flexibility index (Phi) is 3.47. The lowest BCUT2D eigenvalue weighted by Gasteiger charge is -2.14. The molecule has 4 heteroatoms. The van der Waals surface area contributed by atoms with Crippen LogP contribution in [0.3, 0.4) is 0 Å². The number of aromatic nitrogens is 2. The van der Waals surface area contributed by atoms with Crippen molar-refractivity contribution >= 4 is 28.4 Å². The highest BCUT2D eigenvalue weighted by Crippen LogP contribution is 2.44. The van der Waals surface area contributed by atoms with Crippen LogP contribution in [0.4, 0.5) is 5.82 Å². The van der Waals surface area contributed by atoms with E-state index in [-0.39, 0.29) is 0 Å². The van der Waals surface area contributed by atoms with Gasteiger partial charge in [0.25, 0.3) is 0 Å². The first-order valence-corrected chi connectivity index (χ1v) is 8.02. The molecule has 1 aromatic heterocycles. The maximum absolute atomic E-state index is 4.90. The number of hydrogen-bond donors (Lipinski definition) is 1. The molecule has 98 valence electrons. The second kappa shape index (κ2) is 4.94. The van der Waals surface area contributed by atoms with E-state index >= 15 is 0 Å². The molecule has 1 heterocycles. The van der Waals surface area contributed by atoms with Crippen molar-refractivity contribution in [3.05, 3.63) is 15.1 Å². The molecule has 3 rings (SSSR count). The van der Waals surface area contributed by atoms with Crippen molar-refractivity contribution in [3.63, 3.8) is 0 Å². The lowest BCUT2D eigenvalue weighted by molar-refractivity contribution is 0.583. The average Bonchev–Trinajstić information content (AvgIpc) is 3.12. The molecule has 18 heavy (non-hydrogen) atoms. The Labute approximate surface area is 122 Å². The second-order valence-corrected chi connectivity index (χ2v) is 6.85. The van der Waals surface area contributed by atoms with Crippen LogP contribution in [-0.2, 0) is 0 Å². The van der Waals surface area contributed by atoms with Crippen molar-refractivity contribution < 1.29 is 0 Å². The van der Waals surface area contributed by atoms with Crippen LogP contribution in [-0.4, -0.2) is 17.0 Å². The maximum Gasteiger partial charge on any atom is 0.143 e. The molecule has 1 N–H and O–H groups in total. The molecular weight excluding hydrogens is 337 g/mol. The SMILES string of the molecule is CNc1nc(C2CCC(C)C2)nc(C2CC2)c1I. The van der Waals surface area contributed by atoms with Crippen molar-refractivity contribution in [2.45, 2.75) is 50.9 Å². The molecule has 0 aromatic carbocycles. The van der Waals surface area contributed by atoms with Crippen LogP contribution in [0.15, 0.2) is 0 Å². The molecule has 0 saturated heterocycles. The van der Waals surface area contributed by atoms with Crippen LogP contribution in [0.5, 0.6) is 0 Å².